The van der Waals surface area contributed by atoms with Crippen LogP contribution in [0.1, 0.15) is 30.0 Å². The van der Waals surface area contributed by atoms with Crippen LogP contribution in [-0.2, 0) is 6.18 Å². The summed E-state index contributed by atoms with van der Waals surface area (Å²) >= 11 is 0. The van der Waals surface area contributed by atoms with E-state index in [9.17, 15) is 18.0 Å². The minimum absolute atomic E-state index is 0.151. The molecule has 96 valence electrons. The maximum absolute atomic E-state index is 12.2. The Kier molecular flexibility index (Phi) is 3.51. The molecule has 0 unspecified atom stereocenters. The number of nitrogens with two attached hydrogens (primary N) is 1. The van der Waals surface area contributed by atoms with Crippen LogP contribution >= 0.6 is 0 Å². The molecule has 0 bridgehead atoms. The van der Waals surface area contributed by atoms with Crippen molar-refractivity contribution in [2.24, 2.45) is 5.73 Å². The number of hydrogen-bond donors (Lipinski definition) is 2. The van der Waals surface area contributed by atoms with E-state index in [1.165, 1.54) is 0 Å². The molecular formula is C10H13F3N2O2. The first-order valence-corrected chi connectivity index (χ1v) is 4.82. The first-order valence-electron chi connectivity index (χ1n) is 4.82. The first kappa shape index (κ1) is 13.6. The second-order valence-corrected chi connectivity index (χ2v) is 4.37. The third-order valence-corrected chi connectivity index (χ3v) is 1.85. The molecule has 1 heterocycles. The van der Waals surface area contributed by atoms with Crippen molar-refractivity contribution in [1.82, 2.24) is 5.32 Å². The van der Waals surface area contributed by atoms with Crippen LogP contribution in [0, 0.1) is 0 Å². The van der Waals surface area contributed by atoms with Gasteiger partial charge in [-0.1, -0.05) is 0 Å². The van der Waals surface area contributed by atoms with E-state index < -0.39 is 23.4 Å². The Bertz CT molecular complexity index is 404. The predicted octanol–water partition coefficient (Wildman–Crippen LogP) is 1.77. The molecule has 0 aliphatic rings. The van der Waals surface area contributed by atoms with Crippen LogP contribution in [0.5, 0.6) is 0 Å². The Morgan fingerprint density at radius 3 is 2.47 bits per heavy atom. The summed E-state index contributed by atoms with van der Waals surface area (Å²) in [5.41, 5.74) is 4.81. The summed E-state index contributed by atoms with van der Waals surface area (Å²) in [7, 11) is 0. The average Bonchev–Trinajstić information content (AvgIpc) is 2.60. The van der Waals surface area contributed by atoms with Crippen molar-refractivity contribution >= 4 is 5.91 Å². The molecule has 0 radical (unpaired) electrons. The second-order valence-electron chi connectivity index (χ2n) is 4.37. The topological polar surface area (TPSA) is 68.3 Å². The lowest BCUT2D eigenvalue weighted by molar-refractivity contribution is -0.153. The standard InChI is InChI=1S/C10H13F3N2O2/c1-9(2,14)5-15-8(16)6-3-7(17-4-6)10(11,12)13/h3-4H,5,14H2,1-2H3,(H,15,16). The zero-order valence-corrected chi connectivity index (χ0v) is 9.39. The molecule has 1 aromatic heterocycles. The van der Waals surface area contributed by atoms with Gasteiger partial charge in [-0.25, -0.2) is 0 Å². The maximum atomic E-state index is 12.2. The van der Waals surface area contributed by atoms with E-state index in [1.54, 1.807) is 13.8 Å². The lowest BCUT2D eigenvalue weighted by Gasteiger charge is -2.18. The Balaban J connectivity index is 2.68. The van der Waals surface area contributed by atoms with Gasteiger partial charge in [0.05, 0.1) is 5.56 Å². The molecule has 7 heteroatoms. The summed E-state index contributed by atoms with van der Waals surface area (Å²) in [5, 5.41) is 2.41. The molecule has 0 aromatic carbocycles. The van der Waals surface area contributed by atoms with Gasteiger partial charge in [-0.15, -0.1) is 0 Å². The fourth-order valence-electron chi connectivity index (χ4n) is 1.01. The van der Waals surface area contributed by atoms with Crippen LogP contribution in [0.15, 0.2) is 16.7 Å². The van der Waals surface area contributed by atoms with E-state index in [0.717, 1.165) is 6.26 Å². The zero-order chi connectivity index (χ0) is 13.3. The van der Waals surface area contributed by atoms with Crippen molar-refractivity contribution < 1.29 is 22.4 Å². The monoisotopic (exact) mass is 250 g/mol. The van der Waals surface area contributed by atoms with Crippen molar-refractivity contribution in [2.75, 3.05) is 6.54 Å². The van der Waals surface area contributed by atoms with Gasteiger partial charge in [0, 0.05) is 18.2 Å². The summed E-state index contributed by atoms with van der Waals surface area (Å²) in [5.74, 6) is -1.85. The van der Waals surface area contributed by atoms with Crippen LogP contribution in [0.2, 0.25) is 0 Å². The molecule has 3 N–H and O–H groups in total. The number of alkyl halides is 3. The number of furan rings is 1. The van der Waals surface area contributed by atoms with Gasteiger partial charge < -0.3 is 15.5 Å². The largest absolute Gasteiger partial charge is 0.459 e. The molecule has 4 nitrogen and oxygen atoms in total. The van der Waals surface area contributed by atoms with E-state index in [2.05, 4.69) is 9.73 Å². The number of hydrogen-bond acceptors (Lipinski definition) is 3. The third kappa shape index (κ3) is 4.10. The van der Waals surface area contributed by atoms with Crippen molar-refractivity contribution in [3.63, 3.8) is 0 Å². The number of nitrogens with one attached hydrogen (secondary N) is 1. The Morgan fingerprint density at radius 1 is 1.47 bits per heavy atom. The van der Waals surface area contributed by atoms with E-state index in [0.29, 0.717) is 6.07 Å². The van der Waals surface area contributed by atoms with Gasteiger partial charge in [0.15, 0.2) is 0 Å². The average molecular weight is 250 g/mol. The van der Waals surface area contributed by atoms with E-state index in [1.807, 2.05) is 0 Å². The lowest BCUT2D eigenvalue weighted by Crippen LogP contribution is -2.45. The molecule has 1 aromatic rings. The quantitative estimate of drug-likeness (QED) is 0.859. The number of halogens is 3. The molecule has 17 heavy (non-hydrogen) atoms. The molecule has 0 saturated heterocycles. The van der Waals surface area contributed by atoms with E-state index >= 15 is 0 Å². The number of carbonyl (C=O) groups excluding carboxylic acids is 1. The van der Waals surface area contributed by atoms with Crippen LogP contribution < -0.4 is 11.1 Å². The fraction of sp³-hybridized carbons (Fsp3) is 0.500. The van der Waals surface area contributed by atoms with Crippen molar-refractivity contribution in [3.05, 3.63) is 23.7 Å². The highest BCUT2D eigenvalue weighted by atomic mass is 19.4. The smallest absolute Gasteiger partial charge is 0.449 e. The van der Waals surface area contributed by atoms with Crippen LogP contribution in [-0.4, -0.2) is 18.0 Å². The summed E-state index contributed by atoms with van der Waals surface area (Å²) in [6.07, 6.45) is -3.83. The van der Waals surface area contributed by atoms with Crippen molar-refractivity contribution in [1.29, 1.82) is 0 Å². The van der Waals surface area contributed by atoms with Crippen molar-refractivity contribution in [3.8, 4) is 0 Å². The van der Waals surface area contributed by atoms with Gasteiger partial charge in [0.25, 0.3) is 5.91 Å². The highest BCUT2D eigenvalue weighted by Gasteiger charge is 2.35. The minimum atomic E-state index is -4.59. The lowest BCUT2D eigenvalue weighted by atomic mass is 10.1. The van der Waals surface area contributed by atoms with Crippen LogP contribution in [0.25, 0.3) is 0 Å². The molecule has 0 aliphatic heterocycles. The number of amides is 1. The molecule has 1 amide bonds. The summed E-state index contributed by atoms with van der Waals surface area (Å²) < 4.78 is 40.8. The Morgan fingerprint density at radius 2 is 2.06 bits per heavy atom. The maximum Gasteiger partial charge on any atom is 0.449 e. The van der Waals surface area contributed by atoms with Gasteiger partial charge in [0.1, 0.15) is 6.26 Å². The molecule has 0 fully saturated rings. The first-order chi connectivity index (χ1) is 7.59. The van der Waals surface area contributed by atoms with Gasteiger partial charge in [-0.3, -0.25) is 4.79 Å². The number of rotatable bonds is 3. The van der Waals surface area contributed by atoms with Gasteiger partial charge in [0.2, 0.25) is 5.76 Å². The van der Waals surface area contributed by atoms with Crippen molar-refractivity contribution in [2.45, 2.75) is 25.6 Å². The number of carbonyl (C=O) groups is 1. The summed E-state index contributed by atoms with van der Waals surface area (Å²) in [6.45, 7) is 3.52. The fourth-order valence-corrected chi connectivity index (χ4v) is 1.01. The molecule has 1 rings (SSSR count). The minimum Gasteiger partial charge on any atom is -0.459 e. The normalized spacial score (nSPS) is 12.6. The van der Waals surface area contributed by atoms with Gasteiger partial charge >= 0.3 is 6.18 Å². The summed E-state index contributed by atoms with van der Waals surface area (Å²) in [6, 6.07) is 0.652. The highest BCUT2D eigenvalue weighted by molar-refractivity contribution is 5.94. The Hall–Kier alpha value is -1.50. The SMILES string of the molecule is CC(C)(N)CNC(=O)c1coc(C(F)(F)F)c1. The zero-order valence-electron chi connectivity index (χ0n) is 9.39. The third-order valence-electron chi connectivity index (χ3n) is 1.85. The van der Waals surface area contributed by atoms with Gasteiger partial charge in [-0.2, -0.15) is 13.2 Å². The molecule has 0 spiro atoms. The molecular weight excluding hydrogens is 237 g/mol. The van der Waals surface area contributed by atoms with Crippen LogP contribution in [0.4, 0.5) is 13.2 Å². The molecule has 0 aliphatic carbocycles. The van der Waals surface area contributed by atoms with Gasteiger partial charge in [-0.05, 0) is 13.8 Å². The second kappa shape index (κ2) is 4.40. The van der Waals surface area contributed by atoms with Crippen LogP contribution in [0.3, 0.4) is 0 Å². The molecule has 0 atom stereocenters. The molecule has 0 saturated carbocycles. The Labute approximate surface area is 96.0 Å². The highest BCUT2D eigenvalue weighted by Crippen LogP contribution is 2.30. The van der Waals surface area contributed by atoms with E-state index in [-0.39, 0.29) is 12.1 Å². The summed E-state index contributed by atoms with van der Waals surface area (Å²) in [4.78, 5) is 11.4. The predicted molar refractivity (Wildman–Crippen MR) is 54.3 cm³/mol. The van der Waals surface area contributed by atoms with E-state index in [4.69, 9.17) is 5.73 Å².